The quantitative estimate of drug-likeness (QED) is 0.497. The number of halogens is 2. The summed E-state index contributed by atoms with van der Waals surface area (Å²) in [5.74, 6) is 0.137. The summed E-state index contributed by atoms with van der Waals surface area (Å²) in [5.41, 5.74) is 7.29. The van der Waals surface area contributed by atoms with Gasteiger partial charge in [0.1, 0.15) is 5.15 Å². The average Bonchev–Trinajstić information content (AvgIpc) is 2.88. The number of hydrogen-bond acceptors (Lipinski definition) is 7. The average molecular weight is 383 g/mol. The lowest BCUT2D eigenvalue weighted by Gasteiger charge is -2.08. The lowest BCUT2D eigenvalue weighted by atomic mass is 10.3. The van der Waals surface area contributed by atoms with E-state index in [-0.39, 0.29) is 29.5 Å². The fourth-order valence-electron chi connectivity index (χ4n) is 2.24. The molecule has 0 saturated heterocycles. The number of aromatic nitrogens is 5. The first-order valence-electron chi connectivity index (χ1n) is 7.65. The molecule has 0 bridgehead atoms. The predicted octanol–water partition coefficient (Wildman–Crippen LogP) is 3.04. The Kier molecular flexibility index (Phi) is 5.10. The number of aromatic hydroxyl groups is 1. The maximum atomic E-state index is 10.2. The zero-order valence-electron chi connectivity index (χ0n) is 13.4. The summed E-state index contributed by atoms with van der Waals surface area (Å²) in [6.07, 6.45) is 3.42. The van der Waals surface area contributed by atoms with E-state index in [4.69, 9.17) is 33.7 Å². The Morgan fingerprint density at radius 2 is 2.08 bits per heavy atom. The van der Waals surface area contributed by atoms with E-state index in [0.29, 0.717) is 22.8 Å². The van der Waals surface area contributed by atoms with Crippen molar-refractivity contribution in [2.45, 2.75) is 26.3 Å². The molecule has 3 rings (SSSR count). The molecule has 3 heterocycles. The van der Waals surface area contributed by atoms with Crippen LogP contribution in [-0.2, 0) is 6.54 Å². The molecule has 0 aliphatic heterocycles. The molecular formula is C15H16Cl2N6O2. The minimum atomic E-state index is -0.243. The molecule has 0 fully saturated rings. The highest BCUT2D eigenvalue weighted by atomic mass is 35.5. The number of hydrogen-bond donors (Lipinski definition) is 2. The molecule has 0 unspecified atom stereocenters. The number of rotatable bonds is 6. The van der Waals surface area contributed by atoms with Gasteiger partial charge in [-0.2, -0.15) is 15.0 Å². The second kappa shape index (κ2) is 7.28. The monoisotopic (exact) mass is 382 g/mol. The molecule has 0 atom stereocenters. The van der Waals surface area contributed by atoms with Gasteiger partial charge in [0.2, 0.25) is 0 Å². The van der Waals surface area contributed by atoms with Crippen molar-refractivity contribution in [1.29, 1.82) is 0 Å². The van der Waals surface area contributed by atoms with Crippen molar-refractivity contribution >= 4 is 40.2 Å². The molecule has 0 spiro atoms. The number of nitrogen functional groups attached to an aromatic ring is 1. The van der Waals surface area contributed by atoms with Crippen LogP contribution in [0.4, 0.5) is 5.82 Å². The molecule has 8 nitrogen and oxygen atoms in total. The third-order valence-corrected chi connectivity index (χ3v) is 4.19. The Hall–Kier alpha value is -2.32. The molecule has 3 aromatic rings. The predicted molar refractivity (Wildman–Crippen MR) is 95.2 cm³/mol. The van der Waals surface area contributed by atoms with Gasteiger partial charge in [-0.1, -0.05) is 36.5 Å². The Bertz CT molecular complexity index is 915. The van der Waals surface area contributed by atoms with Crippen molar-refractivity contribution in [2.24, 2.45) is 0 Å². The van der Waals surface area contributed by atoms with Crippen LogP contribution in [0.3, 0.4) is 0 Å². The number of fused-ring (bicyclic) bond motifs is 1. The van der Waals surface area contributed by atoms with Crippen molar-refractivity contribution in [3.63, 3.8) is 0 Å². The van der Waals surface area contributed by atoms with E-state index in [1.807, 2.05) is 0 Å². The van der Waals surface area contributed by atoms with E-state index in [2.05, 4.69) is 26.9 Å². The van der Waals surface area contributed by atoms with Gasteiger partial charge in [-0.05, 0) is 18.1 Å². The van der Waals surface area contributed by atoms with E-state index >= 15 is 0 Å². The first-order chi connectivity index (χ1) is 12.0. The molecule has 10 heteroatoms. The second-order valence-electron chi connectivity index (χ2n) is 5.38. The molecular weight excluding hydrogens is 367 g/mol. The zero-order chi connectivity index (χ0) is 18.0. The molecule has 132 valence electrons. The Labute approximate surface area is 153 Å². The van der Waals surface area contributed by atoms with Crippen LogP contribution in [-0.4, -0.2) is 36.2 Å². The van der Waals surface area contributed by atoms with Crippen molar-refractivity contribution in [3.8, 4) is 12.0 Å². The number of anilines is 1. The fourth-order valence-corrected chi connectivity index (χ4v) is 2.53. The summed E-state index contributed by atoms with van der Waals surface area (Å²) in [6, 6.07) is 1.56. The summed E-state index contributed by atoms with van der Waals surface area (Å²) in [7, 11) is 0. The van der Waals surface area contributed by atoms with Crippen LogP contribution in [0.15, 0.2) is 12.3 Å². The first kappa shape index (κ1) is 17.5. The van der Waals surface area contributed by atoms with Gasteiger partial charge >= 0.3 is 6.01 Å². The largest absolute Gasteiger partial charge is 0.480 e. The fraction of sp³-hybridized carbons (Fsp3) is 0.333. The van der Waals surface area contributed by atoms with Crippen molar-refractivity contribution in [1.82, 2.24) is 24.5 Å². The Morgan fingerprint density at radius 3 is 2.80 bits per heavy atom. The van der Waals surface area contributed by atoms with E-state index in [1.54, 1.807) is 12.3 Å². The van der Waals surface area contributed by atoms with E-state index in [1.165, 1.54) is 4.57 Å². The number of nitrogens with two attached hydrogens (primary N) is 1. The van der Waals surface area contributed by atoms with Gasteiger partial charge in [-0.15, -0.1) is 0 Å². The highest BCUT2D eigenvalue weighted by Gasteiger charge is 2.17. The summed E-state index contributed by atoms with van der Waals surface area (Å²) in [5, 5.41) is 10.7. The highest BCUT2D eigenvalue weighted by Crippen LogP contribution is 2.27. The highest BCUT2D eigenvalue weighted by molar-refractivity contribution is 6.41. The van der Waals surface area contributed by atoms with Crippen LogP contribution in [0.2, 0.25) is 10.2 Å². The SMILES string of the molecule is CCCCOc1nc(N)c2nc(O)n(Cc3cnc(Cl)c(Cl)c3)c2n1. The Morgan fingerprint density at radius 1 is 1.28 bits per heavy atom. The third-order valence-electron chi connectivity index (χ3n) is 3.50. The van der Waals surface area contributed by atoms with Gasteiger partial charge in [0.25, 0.3) is 6.01 Å². The standard InChI is InChI=1S/C15H16Cl2N6O2/c1-2-3-4-25-14-21-12(18)10-13(22-14)23(15(24)20-10)7-8-5-9(16)11(17)19-6-8/h5-6H,2-4,7H2,1H3,(H,20,24)(H2,18,21,22). The summed E-state index contributed by atoms with van der Waals surface area (Å²) in [4.78, 5) is 16.4. The van der Waals surface area contributed by atoms with Crippen molar-refractivity contribution < 1.29 is 9.84 Å². The van der Waals surface area contributed by atoms with Crippen LogP contribution in [0.5, 0.6) is 12.0 Å². The van der Waals surface area contributed by atoms with Crippen LogP contribution in [0.1, 0.15) is 25.3 Å². The maximum absolute atomic E-state index is 10.2. The topological polar surface area (TPSA) is 112 Å². The molecule has 3 aromatic heterocycles. The van der Waals surface area contributed by atoms with Gasteiger partial charge in [0, 0.05) is 6.20 Å². The maximum Gasteiger partial charge on any atom is 0.320 e. The lowest BCUT2D eigenvalue weighted by Crippen LogP contribution is -2.06. The number of imidazole rings is 1. The molecule has 25 heavy (non-hydrogen) atoms. The molecule has 0 aliphatic rings. The lowest BCUT2D eigenvalue weighted by molar-refractivity contribution is 0.286. The molecule has 0 amide bonds. The number of nitrogens with zero attached hydrogens (tertiary/aromatic N) is 5. The summed E-state index contributed by atoms with van der Waals surface area (Å²) in [6.45, 7) is 2.77. The molecule has 3 N–H and O–H groups in total. The van der Waals surface area contributed by atoms with E-state index < -0.39 is 0 Å². The van der Waals surface area contributed by atoms with Gasteiger partial charge in [-0.3, -0.25) is 4.57 Å². The van der Waals surface area contributed by atoms with Gasteiger partial charge in [0.05, 0.1) is 18.2 Å². The molecule has 0 aromatic carbocycles. The second-order valence-corrected chi connectivity index (χ2v) is 6.15. The number of ether oxygens (including phenoxy) is 1. The van der Waals surface area contributed by atoms with Crippen molar-refractivity contribution in [2.75, 3.05) is 12.3 Å². The zero-order valence-corrected chi connectivity index (χ0v) is 14.9. The molecule has 0 saturated carbocycles. The smallest absolute Gasteiger partial charge is 0.320 e. The molecule has 0 aliphatic carbocycles. The molecule has 0 radical (unpaired) electrons. The minimum Gasteiger partial charge on any atom is -0.480 e. The van der Waals surface area contributed by atoms with Crippen LogP contribution >= 0.6 is 23.2 Å². The Balaban J connectivity index is 1.98. The summed E-state index contributed by atoms with van der Waals surface area (Å²) >= 11 is 11.8. The van der Waals surface area contributed by atoms with E-state index in [0.717, 1.165) is 18.4 Å². The van der Waals surface area contributed by atoms with E-state index in [9.17, 15) is 5.11 Å². The normalized spacial score (nSPS) is 11.2. The van der Waals surface area contributed by atoms with Gasteiger partial charge < -0.3 is 15.6 Å². The summed E-state index contributed by atoms with van der Waals surface area (Å²) < 4.78 is 6.98. The van der Waals surface area contributed by atoms with Crippen molar-refractivity contribution in [3.05, 3.63) is 28.0 Å². The van der Waals surface area contributed by atoms with Gasteiger partial charge in [-0.25, -0.2) is 4.98 Å². The third kappa shape index (κ3) is 3.69. The van der Waals surface area contributed by atoms with Crippen LogP contribution in [0, 0.1) is 0 Å². The first-order valence-corrected chi connectivity index (χ1v) is 8.40. The van der Waals surface area contributed by atoms with Crippen LogP contribution < -0.4 is 10.5 Å². The number of unbranched alkanes of at least 4 members (excludes halogenated alkanes) is 1. The van der Waals surface area contributed by atoms with Gasteiger partial charge in [0.15, 0.2) is 17.0 Å². The minimum absolute atomic E-state index is 0.137. The van der Waals surface area contributed by atoms with Crippen LogP contribution in [0.25, 0.3) is 11.2 Å². The number of pyridine rings is 1.